The first kappa shape index (κ1) is 19.0. The summed E-state index contributed by atoms with van der Waals surface area (Å²) in [5, 5.41) is 0. The maximum absolute atomic E-state index is 13.7. The molecule has 30 heavy (non-hydrogen) atoms. The van der Waals surface area contributed by atoms with Crippen LogP contribution in [0.4, 0.5) is 0 Å². The van der Waals surface area contributed by atoms with Crippen LogP contribution in [0.3, 0.4) is 0 Å². The molecule has 2 bridgehead atoms. The summed E-state index contributed by atoms with van der Waals surface area (Å²) in [5.41, 5.74) is 0.474. The van der Waals surface area contributed by atoms with Crippen LogP contribution in [0.15, 0.2) is 54.9 Å². The van der Waals surface area contributed by atoms with Crippen molar-refractivity contribution in [2.45, 2.75) is 50.1 Å². The van der Waals surface area contributed by atoms with Crippen molar-refractivity contribution in [2.75, 3.05) is 6.54 Å². The van der Waals surface area contributed by atoms with Crippen LogP contribution < -0.4 is 0 Å². The number of carbonyl (C=O) groups is 3. The summed E-state index contributed by atoms with van der Waals surface area (Å²) in [5.74, 6) is 0.0957. The van der Waals surface area contributed by atoms with Crippen LogP contribution in [0, 0.1) is 5.92 Å². The third-order valence-electron chi connectivity index (χ3n) is 7.01. The van der Waals surface area contributed by atoms with E-state index in [0.717, 1.165) is 30.5 Å². The average molecular weight is 403 g/mol. The maximum Gasteiger partial charge on any atom is 0.241 e. The fourth-order valence-electron chi connectivity index (χ4n) is 5.44. The molecule has 3 amide bonds. The molecular weight excluding hydrogens is 378 g/mol. The molecule has 6 nitrogen and oxygen atoms in total. The van der Waals surface area contributed by atoms with E-state index in [2.05, 4.69) is 4.98 Å². The summed E-state index contributed by atoms with van der Waals surface area (Å²) in [6.45, 7) is 0.995. The maximum atomic E-state index is 13.7. The second-order valence-electron chi connectivity index (χ2n) is 8.82. The number of nitrogens with zero attached hydrogens (tertiary/aromatic N) is 3. The number of carbonyl (C=O) groups excluding carboxylic acids is 3. The number of piperidine rings is 1. The van der Waals surface area contributed by atoms with Gasteiger partial charge in [-0.15, -0.1) is 0 Å². The van der Waals surface area contributed by atoms with Gasteiger partial charge in [-0.3, -0.25) is 24.3 Å². The van der Waals surface area contributed by atoms with Gasteiger partial charge in [-0.2, -0.15) is 0 Å². The van der Waals surface area contributed by atoms with Crippen molar-refractivity contribution in [3.05, 3.63) is 66.0 Å². The summed E-state index contributed by atoms with van der Waals surface area (Å²) < 4.78 is 0. The third-order valence-corrected chi connectivity index (χ3v) is 7.01. The summed E-state index contributed by atoms with van der Waals surface area (Å²) >= 11 is 0. The molecule has 154 valence electrons. The molecule has 2 aromatic rings. The van der Waals surface area contributed by atoms with Gasteiger partial charge in [0, 0.05) is 37.8 Å². The first-order chi connectivity index (χ1) is 14.6. The highest BCUT2D eigenvalue weighted by atomic mass is 16.2. The lowest BCUT2D eigenvalue weighted by atomic mass is 9.75. The minimum atomic E-state index is -1.12. The van der Waals surface area contributed by atoms with Crippen molar-refractivity contribution in [3.8, 4) is 0 Å². The molecule has 3 atom stereocenters. The molecule has 2 aliphatic heterocycles. The minimum Gasteiger partial charge on any atom is -0.339 e. The Morgan fingerprint density at radius 1 is 1.07 bits per heavy atom. The van der Waals surface area contributed by atoms with Crippen LogP contribution in [0.2, 0.25) is 0 Å². The average Bonchev–Trinajstić information content (AvgIpc) is 3.46. The fourth-order valence-corrected chi connectivity index (χ4v) is 5.44. The molecule has 0 radical (unpaired) electrons. The van der Waals surface area contributed by atoms with Crippen molar-refractivity contribution >= 4 is 17.7 Å². The molecule has 0 unspecified atom stereocenters. The Hall–Kier alpha value is -3.02. The number of hydrogen-bond donors (Lipinski definition) is 0. The normalized spacial score (nSPS) is 27.9. The zero-order valence-corrected chi connectivity index (χ0v) is 16.9. The van der Waals surface area contributed by atoms with Gasteiger partial charge >= 0.3 is 0 Å². The predicted molar refractivity (Wildman–Crippen MR) is 110 cm³/mol. The van der Waals surface area contributed by atoms with Gasteiger partial charge in [0.1, 0.15) is 0 Å². The molecule has 5 rings (SSSR count). The summed E-state index contributed by atoms with van der Waals surface area (Å²) in [6, 6.07) is 13.2. The van der Waals surface area contributed by atoms with Crippen LogP contribution in [-0.4, -0.2) is 45.1 Å². The standard InChI is InChI=1S/C24H25N3O3/c28-21(26-16-18-6-7-20(26)12-18)13-24(19-4-2-1-3-5-19)14-22(29)27(23(24)30)15-17-8-10-25-11-9-17/h1-5,8-11,18,20H,6-7,12-16H2/t18-,20-,24-/m0/s1. The highest BCUT2D eigenvalue weighted by molar-refractivity contribution is 6.10. The number of rotatable bonds is 5. The van der Waals surface area contributed by atoms with Crippen molar-refractivity contribution in [2.24, 2.45) is 5.92 Å². The lowest BCUT2D eigenvalue weighted by molar-refractivity contribution is -0.143. The SMILES string of the molecule is O=C1C[C@@](CC(=O)N2C[C@H]3CC[C@H]2C3)(c2ccccc2)C(=O)N1Cc1ccncc1. The Morgan fingerprint density at radius 2 is 1.83 bits per heavy atom. The first-order valence-corrected chi connectivity index (χ1v) is 10.7. The molecule has 3 aliphatic rings. The number of pyridine rings is 1. The Bertz CT molecular complexity index is 978. The third kappa shape index (κ3) is 3.11. The first-order valence-electron chi connectivity index (χ1n) is 10.7. The topological polar surface area (TPSA) is 70.6 Å². The van der Waals surface area contributed by atoms with E-state index in [9.17, 15) is 14.4 Å². The van der Waals surface area contributed by atoms with Crippen LogP contribution >= 0.6 is 0 Å². The van der Waals surface area contributed by atoms with Crippen molar-refractivity contribution < 1.29 is 14.4 Å². The van der Waals surface area contributed by atoms with E-state index in [4.69, 9.17) is 0 Å². The quantitative estimate of drug-likeness (QED) is 0.720. The van der Waals surface area contributed by atoms with Gasteiger partial charge in [0.2, 0.25) is 17.7 Å². The lowest BCUT2D eigenvalue weighted by Gasteiger charge is -2.32. The Kier molecular flexibility index (Phi) is 4.65. The van der Waals surface area contributed by atoms with Crippen molar-refractivity contribution in [1.29, 1.82) is 0 Å². The molecule has 1 aliphatic carbocycles. The van der Waals surface area contributed by atoms with Crippen LogP contribution in [-0.2, 0) is 26.3 Å². The highest BCUT2D eigenvalue weighted by Crippen LogP contribution is 2.43. The zero-order chi connectivity index (χ0) is 20.7. The second-order valence-corrected chi connectivity index (χ2v) is 8.82. The molecule has 3 fully saturated rings. The summed E-state index contributed by atoms with van der Waals surface area (Å²) in [7, 11) is 0. The van der Waals surface area contributed by atoms with E-state index in [-0.39, 0.29) is 37.1 Å². The van der Waals surface area contributed by atoms with E-state index in [1.54, 1.807) is 24.5 Å². The molecular formula is C24H25N3O3. The van der Waals surface area contributed by atoms with E-state index in [1.165, 1.54) is 11.3 Å². The lowest BCUT2D eigenvalue weighted by Crippen LogP contribution is -2.45. The van der Waals surface area contributed by atoms with E-state index >= 15 is 0 Å². The van der Waals surface area contributed by atoms with Crippen LogP contribution in [0.5, 0.6) is 0 Å². The second kappa shape index (κ2) is 7.35. The van der Waals surface area contributed by atoms with Gasteiger partial charge < -0.3 is 4.90 Å². The number of hydrogen-bond acceptors (Lipinski definition) is 4. The fraction of sp³-hybridized carbons (Fsp3) is 0.417. The Balaban J connectivity index is 1.46. The molecule has 1 aromatic heterocycles. The summed E-state index contributed by atoms with van der Waals surface area (Å²) in [6.07, 6.45) is 6.70. The van der Waals surface area contributed by atoms with Crippen molar-refractivity contribution in [3.63, 3.8) is 0 Å². The number of fused-ring (bicyclic) bond motifs is 2. The smallest absolute Gasteiger partial charge is 0.241 e. The van der Waals surface area contributed by atoms with E-state index < -0.39 is 5.41 Å². The van der Waals surface area contributed by atoms with E-state index in [1.807, 2.05) is 35.2 Å². The number of likely N-dealkylation sites (tertiary alicyclic amines) is 2. The minimum absolute atomic E-state index is 0.00189. The molecule has 6 heteroatoms. The van der Waals surface area contributed by atoms with Gasteiger partial charge in [-0.05, 0) is 48.4 Å². The molecule has 2 saturated heterocycles. The van der Waals surface area contributed by atoms with Gasteiger partial charge in [0.25, 0.3) is 0 Å². The number of amides is 3. The van der Waals surface area contributed by atoms with E-state index in [0.29, 0.717) is 12.0 Å². The highest BCUT2D eigenvalue weighted by Gasteiger charge is 2.55. The van der Waals surface area contributed by atoms with Gasteiger partial charge in [0.15, 0.2) is 0 Å². The summed E-state index contributed by atoms with van der Waals surface area (Å²) in [4.78, 5) is 47.2. The molecule has 1 saturated carbocycles. The Morgan fingerprint density at radius 3 is 2.50 bits per heavy atom. The monoisotopic (exact) mass is 403 g/mol. The Labute approximate surface area is 175 Å². The van der Waals surface area contributed by atoms with Gasteiger partial charge in [-0.25, -0.2) is 0 Å². The number of benzene rings is 1. The predicted octanol–water partition coefficient (Wildman–Crippen LogP) is 2.68. The zero-order valence-electron chi connectivity index (χ0n) is 16.9. The number of imide groups is 1. The molecule has 0 spiro atoms. The van der Waals surface area contributed by atoms with Crippen molar-refractivity contribution in [1.82, 2.24) is 14.8 Å². The van der Waals surface area contributed by atoms with Gasteiger partial charge in [0.05, 0.1) is 12.0 Å². The molecule has 0 N–H and O–H groups in total. The molecule has 3 heterocycles. The van der Waals surface area contributed by atoms with Gasteiger partial charge in [-0.1, -0.05) is 30.3 Å². The largest absolute Gasteiger partial charge is 0.339 e. The molecule has 1 aromatic carbocycles. The van der Waals surface area contributed by atoms with Crippen LogP contribution in [0.25, 0.3) is 0 Å². The number of aromatic nitrogens is 1. The van der Waals surface area contributed by atoms with Crippen LogP contribution in [0.1, 0.15) is 43.2 Å².